The van der Waals surface area contributed by atoms with Crippen molar-refractivity contribution in [1.82, 2.24) is 0 Å². The minimum absolute atomic E-state index is 0.0547. The van der Waals surface area contributed by atoms with E-state index in [0.717, 1.165) is 39.0 Å². The van der Waals surface area contributed by atoms with Gasteiger partial charge in [0.05, 0.1) is 0 Å². The number of hydrogen-bond acceptors (Lipinski definition) is 3. The van der Waals surface area contributed by atoms with Crippen LogP contribution in [-0.2, 0) is 0 Å². The van der Waals surface area contributed by atoms with Gasteiger partial charge in [0.15, 0.2) is 0 Å². The van der Waals surface area contributed by atoms with Gasteiger partial charge < -0.3 is 9.32 Å². The monoisotopic (exact) mass is 607 g/mol. The molecule has 0 aliphatic heterocycles. The van der Waals surface area contributed by atoms with Crippen LogP contribution in [0.2, 0.25) is 0 Å². The molecule has 0 unspecified atom stereocenters. The molecule has 0 aliphatic carbocycles. The molecule has 0 fully saturated rings. The van der Waals surface area contributed by atoms with E-state index in [1.807, 2.05) is 11.3 Å². The maximum absolute atomic E-state index is 6.73. The standard InChI is InChI=1S/C43H29NOS/c1-4-13-29(14-5-1)42(30-15-6-2-7-16-30)36-21-12-20-35-37-27-32(23-25-39(37)45-43(35)36)44(31-17-8-3-9-18-31)33-24-26-41-38(28-33)34-19-10-11-22-40(34)46-41/h1-28,42H. The summed E-state index contributed by atoms with van der Waals surface area (Å²) in [7, 11) is 0. The number of para-hydroxylation sites is 2. The first-order valence-electron chi connectivity index (χ1n) is 15.6. The first kappa shape index (κ1) is 26.7. The van der Waals surface area contributed by atoms with Crippen LogP contribution in [0.3, 0.4) is 0 Å². The second-order valence-electron chi connectivity index (χ2n) is 11.7. The van der Waals surface area contributed by atoms with E-state index in [1.165, 1.54) is 36.9 Å². The number of benzene rings is 7. The molecule has 0 saturated heterocycles. The molecule has 0 amide bonds. The fourth-order valence-corrected chi connectivity index (χ4v) is 7.98. The summed E-state index contributed by atoms with van der Waals surface area (Å²) in [4.78, 5) is 2.35. The lowest BCUT2D eigenvalue weighted by molar-refractivity contribution is 0.661. The van der Waals surface area contributed by atoms with E-state index in [-0.39, 0.29) is 5.92 Å². The molecule has 0 bridgehead atoms. The maximum atomic E-state index is 6.73. The first-order chi connectivity index (χ1) is 22.8. The van der Waals surface area contributed by atoms with Gasteiger partial charge in [0.25, 0.3) is 0 Å². The summed E-state index contributed by atoms with van der Waals surface area (Å²) in [6, 6.07) is 60.8. The Bertz CT molecular complexity index is 2440. The van der Waals surface area contributed by atoms with Gasteiger partial charge >= 0.3 is 0 Å². The minimum Gasteiger partial charge on any atom is -0.456 e. The molecule has 0 spiro atoms. The van der Waals surface area contributed by atoms with E-state index in [9.17, 15) is 0 Å². The maximum Gasteiger partial charge on any atom is 0.139 e. The Morgan fingerprint density at radius 2 is 1.02 bits per heavy atom. The largest absolute Gasteiger partial charge is 0.456 e. The summed E-state index contributed by atoms with van der Waals surface area (Å²) >= 11 is 1.85. The molecule has 3 heteroatoms. The number of anilines is 3. The zero-order valence-electron chi connectivity index (χ0n) is 25.0. The van der Waals surface area contributed by atoms with E-state index < -0.39 is 0 Å². The van der Waals surface area contributed by atoms with E-state index in [0.29, 0.717) is 0 Å². The van der Waals surface area contributed by atoms with Crippen molar-refractivity contribution in [1.29, 1.82) is 0 Å². The van der Waals surface area contributed by atoms with Crippen molar-refractivity contribution in [2.75, 3.05) is 4.90 Å². The molecule has 0 N–H and O–H groups in total. The quantitative estimate of drug-likeness (QED) is 0.175. The van der Waals surface area contributed by atoms with Crippen LogP contribution in [0.4, 0.5) is 17.1 Å². The number of fused-ring (bicyclic) bond motifs is 6. The molecule has 2 heterocycles. The van der Waals surface area contributed by atoms with Crippen molar-refractivity contribution in [3.8, 4) is 0 Å². The molecular formula is C43H29NOS. The molecule has 9 rings (SSSR count). The topological polar surface area (TPSA) is 16.4 Å². The van der Waals surface area contributed by atoms with Crippen molar-refractivity contribution < 1.29 is 4.42 Å². The average Bonchev–Trinajstić information content (AvgIpc) is 3.68. The normalized spacial score (nSPS) is 11.7. The highest BCUT2D eigenvalue weighted by molar-refractivity contribution is 7.25. The van der Waals surface area contributed by atoms with Crippen LogP contribution < -0.4 is 4.90 Å². The highest BCUT2D eigenvalue weighted by Gasteiger charge is 2.23. The van der Waals surface area contributed by atoms with E-state index in [2.05, 4.69) is 175 Å². The Kier molecular flexibility index (Phi) is 6.43. The highest BCUT2D eigenvalue weighted by Crippen LogP contribution is 2.44. The van der Waals surface area contributed by atoms with Gasteiger partial charge in [0, 0.05) is 59.5 Å². The first-order valence-corrected chi connectivity index (χ1v) is 16.4. The van der Waals surface area contributed by atoms with Crippen molar-refractivity contribution in [2.45, 2.75) is 5.92 Å². The van der Waals surface area contributed by atoms with Crippen molar-refractivity contribution >= 4 is 70.5 Å². The lowest BCUT2D eigenvalue weighted by Gasteiger charge is -2.25. The predicted molar refractivity (Wildman–Crippen MR) is 195 cm³/mol. The third-order valence-corrected chi connectivity index (χ3v) is 10.1. The van der Waals surface area contributed by atoms with Crippen LogP contribution in [0.1, 0.15) is 22.6 Å². The fourth-order valence-electron chi connectivity index (χ4n) is 6.89. The van der Waals surface area contributed by atoms with Gasteiger partial charge in [-0.05, 0) is 65.7 Å². The molecule has 0 saturated carbocycles. The number of thiophene rings is 1. The molecular weight excluding hydrogens is 579 g/mol. The summed E-state index contributed by atoms with van der Waals surface area (Å²) in [5.41, 5.74) is 8.81. The summed E-state index contributed by atoms with van der Waals surface area (Å²) in [5, 5.41) is 4.81. The van der Waals surface area contributed by atoms with Crippen molar-refractivity contribution in [3.05, 3.63) is 187 Å². The van der Waals surface area contributed by atoms with Gasteiger partial charge in [-0.15, -0.1) is 11.3 Å². The van der Waals surface area contributed by atoms with E-state index >= 15 is 0 Å². The van der Waals surface area contributed by atoms with Crippen LogP contribution >= 0.6 is 11.3 Å². The molecule has 2 aromatic heterocycles. The van der Waals surface area contributed by atoms with Gasteiger partial charge in [0.2, 0.25) is 0 Å². The fraction of sp³-hybridized carbons (Fsp3) is 0.0233. The number of furan rings is 1. The molecule has 7 aromatic carbocycles. The Morgan fingerprint density at radius 3 is 1.76 bits per heavy atom. The lowest BCUT2D eigenvalue weighted by Crippen LogP contribution is -2.09. The van der Waals surface area contributed by atoms with Crippen LogP contribution in [0, 0.1) is 0 Å². The molecule has 0 radical (unpaired) electrons. The second kappa shape index (κ2) is 11.1. The molecule has 2 nitrogen and oxygen atoms in total. The van der Waals surface area contributed by atoms with Crippen LogP contribution in [0.25, 0.3) is 42.1 Å². The second-order valence-corrected chi connectivity index (χ2v) is 12.8. The van der Waals surface area contributed by atoms with Gasteiger partial charge in [-0.1, -0.05) is 115 Å². The number of nitrogens with zero attached hydrogens (tertiary/aromatic N) is 1. The summed E-state index contributed by atoms with van der Waals surface area (Å²) in [6.07, 6.45) is 0. The Morgan fingerprint density at radius 1 is 0.435 bits per heavy atom. The number of hydrogen-bond donors (Lipinski definition) is 0. The average molecular weight is 608 g/mol. The van der Waals surface area contributed by atoms with Crippen LogP contribution in [-0.4, -0.2) is 0 Å². The van der Waals surface area contributed by atoms with E-state index in [4.69, 9.17) is 4.42 Å². The predicted octanol–water partition coefficient (Wildman–Crippen LogP) is 12.6. The summed E-state index contributed by atoms with van der Waals surface area (Å²) in [6.45, 7) is 0. The third-order valence-electron chi connectivity index (χ3n) is 8.98. The van der Waals surface area contributed by atoms with Crippen LogP contribution in [0.15, 0.2) is 174 Å². The third kappa shape index (κ3) is 4.48. The molecule has 0 atom stereocenters. The number of rotatable bonds is 6. The smallest absolute Gasteiger partial charge is 0.139 e. The van der Waals surface area contributed by atoms with Gasteiger partial charge in [-0.25, -0.2) is 0 Å². The zero-order chi connectivity index (χ0) is 30.5. The lowest BCUT2D eigenvalue weighted by atomic mass is 9.84. The van der Waals surface area contributed by atoms with Gasteiger partial charge in [0.1, 0.15) is 11.2 Å². The van der Waals surface area contributed by atoms with E-state index in [1.54, 1.807) is 0 Å². The highest BCUT2D eigenvalue weighted by atomic mass is 32.1. The molecule has 46 heavy (non-hydrogen) atoms. The molecule has 9 aromatic rings. The summed E-state index contributed by atoms with van der Waals surface area (Å²) < 4.78 is 9.34. The molecule has 218 valence electrons. The Hall–Kier alpha value is -5.64. The zero-order valence-corrected chi connectivity index (χ0v) is 25.8. The molecule has 0 aliphatic rings. The Labute approximate surface area is 271 Å². The van der Waals surface area contributed by atoms with Gasteiger partial charge in [-0.3, -0.25) is 0 Å². The minimum atomic E-state index is 0.0547. The Balaban J connectivity index is 1.23. The van der Waals surface area contributed by atoms with Crippen molar-refractivity contribution in [3.63, 3.8) is 0 Å². The summed E-state index contributed by atoms with van der Waals surface area (Å²) in [5.74, 6) is 0.0547. The SMILES string of the molecule is c1ccc(C(c2ccccc2)c2cccc3c2oc2ccc(N(c4ccccc4)c4ccc5sc6ccccc6c5c4)cc23)cc1. The van der Waals surface area contributed by atoms with Gasteiger partial charge in [-0.2, -0.15) is 0 Å². The van der Waals surface area contributed by atoms with Crippen LogP contribution in [0.5, 0.6) is 0 Å². The van der Waals surface area contributed by atoms with Crippen molar-refractivity contribution in [2.24, 2.45) is 0 Å².